The zero-order valence-electron chi connectivity index (χ0n) is 11.2. The lowest BCUT2D eigenvalue weighted by Gasteiger charge is -2.24. The lowest BCUT2D eigenvalue weighted by Crippen LogP contribution is -2.15. The first-order valence-electron chi connectivity index (χ1n) is 6.22. The van der Waals surface area contributed by atoms with Crippen LogP contribution in [0.1, 0.15) is 24.1 Å². The lowest BCUT2D eigenvalue weighted by molar-refractivity contribution is 0.815. The zero-order chi connectivity index (χ0) is 13.8. The van der Waals surface area contributed by atoms with E-state index in [0.29, 0.717) is 5.56 Å². The number of rotatable bonds is 3. The van der Waals surface area contributed by atoms with Crippen molar-refractivity contribution in [1.82, 2.24) is 0 Å². The highest BCUT2D eigenvalue weighted by Gasteiger charge is 2.11. The molecule has 0 spiro atoms. The normalized spacial score (nSPS) is 11.7. The summed E-state index contributed by atoms with van der Waals surface area (Å²) in [6, 6.07) is 17.7. The van der Waals surface area contributed by atoms with Crippen LogP contribution in [0.25, 0.3) is 0 Å². The average molecular weight is 251 g/mol. The lowest BCUT2D eigenvalue weighted by atomic mass is 10.1. The van der Waals surface area contributed by atoms with Gasteiger partial charge in [0.2, 0.25) is 0 Å². The van der Waals surface area contributed by atoms with E-state index in [1.165, 1.54) is 0 Å². The molecule has 0 aliphatic rings. The second-order valence-corrected chi connectivity index (χ2v) is 4.57. The maximum Gasteiger partial charge on any atom is 0.0991 e. The Balaban J connectivity index is 2.38. The van der Waals surface area contributed by atoms with Crippen LogP contribution < -0.4 is 10.6 Å². The molecular formula is C16H17N3. The molecule has 2 aromatic rings. The van der Waals surface area contributed by atoms with Crippen LogP contribution in [0.3, 0.4) is 0 Å². The standard InChI is InChI=1S/C16H17N3/c1-12(18)15-5-3-4-6-16(15)19(2)14-9-7-13(11-17)8-10-14/h3-10,12H,18H2,1-2H3/t12-/m1/s1. The van der Waals surface area contributed by atoms with E-state index in [1.807, 2.05) is 56.4 Å². The molecule has 96 valence electrons. The summed E-state index contributed by atoms with van der Waals surface area (Å²) < 4.78 is 0. The molecule has 0 aromatic heterocycles. The van der Waals surface area contributed by atoms with Gasteiger partial charge in [0.15, 0.2) is 0 Å². The van der Waals surface area contributed by atoms with Gasteiger partial charge in [0.25, 0.3) is 0 Å². The second-order valence-electron chi connectivity index (χ2n) is 4.57. The zero-order valence-corrected chi connectivity index (χ0v) is 11.2. The van der Waals surface area contributed by atoms with Gasteiger partial charge in [-0.3, -0.25) is 0 Å². The van der Waals surface area contributed by atoms with Gasteiger partial charge >= 0.3 is 0 Å². The summed E-state index contributed by atoms with van der Waals surface area (Å²) in [5.41, 5.74) is 9.90. The summed E-state index contributed by atoms with van der Waals surface area (Å²) in [6.45, 7) is 1.98. The Morgan fingerprint density at radius 2 is 1.74 bits per heavy atom. The Hall–Kier alpha value is -2.31. The molecule has 0 saturated carbocycles. The Morgan fingerprint density at radius 1 is 1.11 bits per heavy atom. The first kappa shape index (κ1) is 13.1. The van der Waals surface area contributed by atoms with Crippen LogP contribution in [0.5, 0.6) is 0 Å². The minimum atomic E-state index is -0.0166. The van der Waals surface area contributed by atoms with Crippen molar-refractivity contribution < 1.29 is 0 Å². The number of nitriles is 1. The Morgan fingerprint density at radius 3 is 2.32 bits per heavy atom. The van der Waals surface area contributed by atoms with Crippen LogP contribution in [0.4, 0.5) is 11.4 Å². The summed E-state index contributed by atoms with van der Waals surface area (Å²) in [7, 11) is 2.00. The van der Waals surface area contributed by atoms with Gasteiger partial charge in [-0.25, -0.2) is 0 Å². The molecule has 2 N–H and O–H groups in total. The molecule has 0 bridgehead atoms. The minimum absolute atomic E-state index is 0.0166. The van der Waals surface area contributed by atoms with Crippen LogP contribution in [0, 0.1) is 11.3 Å². The number of nitrogens with zero attached hydrogens (tertiary/aromatic N) is 2. The number of hydrogen-bond acceptors (Lipinski definition) is 3. The van der Waals surface area contributed by atoms with E-state index in [9.17, 15) is 0 Å². The van der Waals surface area contributed by atoms with Crippen molar-refractivity contribution in [2.24, 2.45) is 5.73 Å². The number of nitrogens with two attached hydrogens (primary N) is 1. The highest BCUT2D eigenvalue weighted by Crippen LogP contribution is 2.29. The molecule has 0 unspecified atom stereocenters. The van der Waals surface area contributed by atoms with Gasteiger partial charge in [0.05, 0.1) is 11.6 Å². The molecular weight excluding hydrogens is 234 g/mol. The molecule has 19 heavy (non-hydrogen) atoms. The van der Waals surface area contributed by atoms with Crippen LogP contribution in [-0.4, -0.2) is 7.05 Å². The van der Waals surface area contributed by atoms with Crippen molar-refractivity contribution in [3.05, 3.63) is 59.7 Å². The smallest absolute Gasteiger partial charge is 0.0991 e. The highest BCUT2D eigenvalue weighted by molar-refractivity contribution is 5.66. The number of anilines is 2. The fourth-order valence-corrected chi connectivity index (χ4v) is 2.08. The monoisotopic (exact) mass is 251 g/mol. The number of para-hydroxylation sites is 1. The van der Waals surface area contributed by atoms with E-state index in [0.717, 1.165) is 16.9 Å². The van der Waals surface area contributed by atoms with Gasteiger partial charge in [-0.1, -0.05) is 18.2 Å². The molecule has 2 rings (SSSR count). The molecule has 3 nitrogen and oxygen atoms in total. The van der Waals surface area contributed by atoms with Crippen molar-refractivity contribution >= 4 is 11.4 Å². The molecule has 0 amide bonds. The number of hydrogen-bond donors (Lipinski definition) is 1. The van der Waals surface area contributed by atoms with Crippen molar-refractivity contribution in [2.75, 3.05) is 11.9 Å². The predicted octanol–water partition coefficient (Wildman–Crippen LogP) is 3.35. The van der Waals surface area contributed by atoms with Crippen molar-refractivity contribution in [3.8, 4) is 6.07 Å². The van der Waals surface area contributed by atoms with Crippen LogP contribution in [0.2, 0.25) is 0 Å². The molecule has 0 radical (unpaired) electrons. The topological polar surface area (TPSA) is 53.0 Å². The second kappa shape index (κ2) is 5.55. The Labute approximate surface area is 113 Å². The fourth-order valence-electron chi connectivity index (χ4n) is 2.08. The van der Waals surface area contributed by atoms with Gasteiger partial charge in [0, 0.05) is 24.5 Å². The van der Waals surface area contributed by atoms with Gasteiger partial charge in [-0.2, -0.15) is 5.26 Å². The van der Waals surface area contributed by atoms with E-state index < -0.39 is 0 Å². The van der Waals surface area contributed by atoms with Gasteiger partial charge in [-0.05, 0) is 42.8 Å². The third kappa shape index (κ3) is 2.75. The maximum absolute atomic E-state index is 8.82. The SMILES string of the molecule is C[C@@H](N)c1ccccc1N(C)c1ccc(C#N)cc1. The summed E-state index contributed by atoms with van der Waals surface area (Å²) in [4.78, 5) is 2.08. The molecule has 0 aliphatic heterocycles. The van der Waals surface area contributed by atoms with E-state index in [2.05, 4.69) is 17.0 Å². The van der Waals surface area contributed by atoms with Crippen molar-refractivity contribution in [1.29, 1.82) is 5.26 Å². The van der Waals surface area contributed by atoms with Gasteiger partial charge in [0.1, 0.15) is 0 Å². The van der Waals surface area contributed by atoms with Crippen LogP contribution in [0.15, 0.2) is 48.5 Å². The molecule has 0 aliphatic carbocycles. The van der Waals surface area contributed by atoms with Crippen molar-refractivity contribution in [3.63, 3.8) is 0 Å². The summed E-state index contributed by atoms with van der Waals surface area (Å²) in [5, 5.41) is 8.82. The quantitative estimate of drug-likeness (QED) is 0.910. The average Bonchev–Trinajstić information content (AvgIpc) is 2.46. The largest absolute Gasteiger partial charge is 0.344 e. The fraction of sp³-hybridized carbons (Fsp3) is 0.188. The van der Waals surface area contributed by atoms with E-state index in [4.69, 9.17) is 11.0 Å². The molecule has 1 atom stereocenters. The molecule has 3 heteroatoms. The first-order valence-corrected chi connectivity index (χ1v) is 6.22. The minimum Gasteiger partial charge on any atom is -0.344 e. The molecule has 0 saturated heterocycles. The van der Waals surface area contributed by atoms with E-state index in [1.54, 1.807) is 0 Å². The molecule has 0 fully saturated rings. The highest BCUT2D eigenvalue weighted by atomic mass is 15.1. The number of benzene rings is 2. The van der Waals surface area contributed by atoms with E-state index >= 15 is 0 Å². The van der Waals surface area contributed by atoms with Gasteiger partial charge in [-0.15, -0.1) is 0 Å². The predicted molar refractivity (Wildman–Crippen MR) is 78.3 cm³/mol. The van der Waals surface area contributed by atoms with Crippen molar-refractivity contribution in [2.45, 2.75) is 13.0 Å². The van der Waals surface area contributed by atoms with Gasteiger partial charge < -0.3 is 10.6 Å². The Bertz CT molecular complexity index is 594. The van der Waals surface area contributed by atoms with Crippen LogP contribution >= 0.6 is 0 Å². The summed E-state index contributed by atoms with van der Waals surface area (Å²) in [5.74, 6) is 0. The maximum atomic E-state index is 8.82. The molecule has 0 heterocycles. The Kier molecular flexibility index (Phi) is 3.84. The third-order valence-electron chi connectivity index (χ3n) is 3.17. The summed E-state index contributed by atoms with van der Waals surface area (Å²) in [6.07, 6.45) is 0. The van der Waals surface area contributed by atoms with E-state index in [-0.39, 0.29) is 6.04 Å². The third-order valence-corrected chi connectivity index (χ3v) is 3.17. The summed E-state index contributed by atoms with van der Waals surface area (Å²) >= 11 is 0. The van der Waals surface area contributed by atoms with Crippen LogP contribution in [-0.2, 0) is 0 Å². The first-order chi connectivity index (χ1) is 9.13. The molecule has 2 aromatic carbocycles.